The van der Waals surface area contributed by atoms with Gasteiger partial charge in [-0.2, -0.15) is 0 Å². The van der Waals surface area contributed by atoms with Crippen molar-refractivity contribution in [2.24, 2.45) is 5.92 Å². The van der Waals surface area contributed by atoms with Gasteiger partial charge in [-0.15, -0.1) is 0 Å². The van der Waals surface area contributed by atoms with Crippen molar-refractivity contribution in [3.05, 3.63) is 28.2 Å². The average molecular weight is 360 g/mol. The molecule has 0 bridgehead atoms. The molecule has 0 radical (unpaired) electrons. The van der Waals surface area contributed by atoms with Gasteiger partial charge in [0.15, 0.2) is 0 Å². The summed E-state index contributed by atoms with van der Waals surface area (Å²) in [5.74, 6) is 0.706. The van der Waals surface area contributed by atoms with E-state index < -0.39 is 10.0 Å². The van der Waals surface area contributed by atoms with E-state index in [1.165, 1.54) is 6.42 Å². The van der Waals surface area contributed by atoms with Crippen molar-refractivity contribution in [2.45, 2.75) is 56.9 Å². The van der Waals surface area contributed by atoms with E-state index in [0.29, 0.717) is 10.8 Å². The standard InChI is InChI=1S/C15H22BrNO2S/c1-11-4-3-5-14(9-6-11)17-20(18,19)15-10-13(16)8-7-12(15)2/h7-8,10-11,14,17H,3-6,9H2,1-2H3. The minimum Gasteiger partial charge on any atom is -0.208 e. The maximum Gasteiger partial charge on any atom is 0.241 e. The Morgan fingerprint density at radius 3 is 2.70 bits per heavy atom. The predicted octanol–water partition coefficient (Wildman–Crippen LogP) is 4.00. The summed E-state index contributed by atoms with van der Waals surface area (Å²) in [6.45, 7) is 4.07. The molecule has 1 aliphatic rings. The molecule has 1 aromatic carbocycles. The van der Waals surface area contributed by atoms with E-state index >= 15 is 0 Å². The van der Waals surface area contributed by atoms with Crippen LogP contribution in [0.15, 0.2) is 27.6 Å². The fraction of sp³-hybridized carbons (Fsp3) is 0.600. The van der Waals surface area contributed by atoms with Crippen LogP contribution in [-0.4, -0.2) is 14.5 Å². The number of hydrogen-bond acceptors (Lipinski definition) is 2. The number of sulfonamides is 1. The monoisotopic (exact) mass is 359 g/mol. The Bertz CT molecular complexity index is 571. The van der Waals surface area contributed by atoms with Gasteiger partial charge in [-0.05, 0) is 49.8 Å². The molecular weight excluding hydrogens is 338 g/mol. The lowest BCUT2D eigenvalue weighted by Gasteiger charge is -2.17. The van der Waals surface area contributed by atoms with Gasteiger partial charge in [0.2, 0.25) is 10.0 Å². The lowest BCUT2D eigenvalue weighted by Crippen LogP contribution is -2.34. The van der Waals surface area contributed by atoms with E-state index in [-0.39, 0.29) is 6.04 Å². The number of aryl methyl sites for hydroxylation is 1. The Balaban J connectivity index is 2.16. The fourth-order valence-corrected chi connectivity index (χ4v) is 4.84. The normalized spacial score (nSPS) is 24.4. The summed E-state index contributed by atoms with van der Waals surface area (Å²) in [4.78, 5) is 0.379. The number of halogens is 1. The number of hydrogen-bond donors (Lipinski definition) is 1. The third-order valence-electron chi connectivity index (χ3n) is 4.02. The van der Waals surface area contributed by atoms with Crippen molar-refractivity contribution in [1.29, 1.82) is 0 Å². The van der Waals surface area contributed by atoms with Crippen molar-refractivity contribution in [3.63, 3.8) is 0 Å². The number of rotatable bonds is 3. The second kappa shape index (κ2) is 6.58. The first-order valence-electron chi connectivity index (χ1n) is 7.17. The minimum absolute atomic E-state index is 0.0725. The van der Waals surface area contributed by atoms with Gasteiger partial charge in [-0.3, -0.25) is 0 Å². The quantitative estimate of drug-likeness (QED) is 0.828. The van der Waals surface area contributed by atoms with Crippen LogP contribution in [0.1, 0.15) is 44.6 Å². The van der Waals surface area contributed by atoms with Crippen LogP contribution < -0.4 is 4.72 Å². The lowest BCUT2D eigenvalue weighted by atomic mass is 10.0. The molecule has 0 spiro atoms. The molecule has 2 rings (SSSR count). The third-order valence-corrected chi connectivity index (χ3v) is 6.17. The SMILES string of the molecule is Cc1ccc(Br)cc1S(=O)(=O)NC1CCCC(C)CC1. The second-order valence-electron chi connectivity index (χ2n) is 5.84. The summed E-state index contributed by atoms with van der Waals surface area (Å²) in [7, 11) is -3.43. The second-order valence-corrected chi connectivity index (χ2v) is 8.44. The number of benzene rings is 1. The maximum atomic E-state index is 12.5. The molecule has 1 aromatic rings. The highest BCUT2D eigenvalue weighted by Crippen LogP contribution is 2.25. The first kappa shape index (κ1) is 16.0. The van der Waals surface area contributed by atoms with Crippen molar-refractivity contribution < 1.29 is 8.42 Å². The smallest absolute Gasteiger partial charge is 0.208 e. The summed E-state index contributed by atoms with van der Waals surface area (Å²) in [5.41, 5.74) is 0.780. The van der Waals surface area contributed by atoms with E-state index in [1.54, 1.807) is 6.07 Å². The third kappa shape index (κ3) is 4.06. The van der Waals surface area contributed by atoms with Gasteiger partial charge in [0.25, 0.3) is 0 Å². The van der Waals surface area contributed by atoms with E-state index in [1.807, 2.05) is 19.1 Å². The first-order valence-corrected chi connectivity index (χ1v) is 9.44. The molecule has 112 valence electrons. The molecule has 0 saturated heterocycles. The van der Waals surface area contributed by atoms with Gasteiger partial charge < -0.3 is 0 Å². The van der Waals surface area contributed by atoms with Gasteiger partial charge >= 0.3 is 0 Å². The lowest BCUT2D eigenvalue weighted by molar-refractivity contribution is 0.484. The van der Waals surface area contributed by atoms with Crippen LogP contribution in [0.25, 0.3) is 0 Å². The summed E-state index contributed by atoms with van der Waals surface area (Å²) >= 11 is 3.34. The van der Waals surface area contributed by atoms with Crippen molar-refractivity contribution in [2.75, 3.05) is 0 Å². The molecule has 2 atom stereocenters. The van der Waals surface area contributed by atoms with E-state index in [2.05, 4.69) is 27.6 Å². The average Bonchev–Trinajstić information content (AvgIpc) is 2.57. The molecule has 1 N–H and O–H groups in total. The largest absolute Gasteiger partial charge is 0.241 e. The Morgan fingerprint density at radius 2 is 1.95 bits per heavy atom. The van der Waals surface area contributed by atoms with Gasteiger partial charge in [0.1, 0.15) is 0 Å². The Morgan fingerprint density at radius 1 is 1.20 bits per heavy atom. The van der Waals surface area contributed by atoms with Crippen LogP contribution in [0.2, 0.25) is 0 Å². The number of nitrogens with one attached hydrogen (secondary N) is 1. The Kier molecular flexibility index (Phi) is 5.26. The molecule has 0 heterocycles. The Hall–Kier alpha value is -0.390. The molecule has 0 aliphatic heterocycles. The molecule has 0 aromatic heterocycles. The summed E-state index contributed by atoms with van der Waals surface area (Å²) in [6, 6.07) is 5.44. The first-order chi connectivity index (χ1) is 9.38. The van der Waals surface area contributed by atoms with Crippen LogP contribution in [-0.2, 0) is 10.0 Å². The minimum atomic E-state index is -3.43. The molecule has 1 aliphatic carbocycles. The van der Waals surface area contributed by atoms with Gasteiger partial charge in [-0.1, -0.05) is 41.8 Å². The fourth-order valence-electron chi connectivity index (χ4n) is 2.75. The van der Waals surface area contributed by atoms with Crippen molar-refractivity contribution in [1.82, 2.24) is 4.72 Å². The molecule has 20 heavy (non-hydrogen) atoms. The summed E-state index contributed by atoms with van der Waals surface area (Å²) in [5, 5.41) is 0. The molecule has 0 amide bonds. The Labute approximate surface area is 130 Å². The van der Waals surface area contributed by atoms with Gasteiger partial charge in [0, 0.05) is 10.5 Å². The van der Waals surface area contributed by atoms with E-state index in [4.69, 9.17) is 0 Å². The van der Waals surface area contributed by atoms with Crippen molar-refractivity contribution >= 4 is 26.0 Å². The molecule has 1 saturated carbocycles. The van der Waals surface area contributed by atoms with E-state index in [0.717, 1.165) is 35.7 Å². The van der Waals surface area contributed by atoms with Crippen molar-refractivity contribution in [3.8, 4) is 0 Å². The zero-order valence-corrected chi connectivity index (χ0v) is 14.4. The predicted molar refractivity (Wildman–Crippen MR) is 85.2 cm³/mol. The van der Waals surface area contributed by atoms with Crippen LogP contribution in [0.4, 0.5) is 0 Å². The molecular formula is C15H22BrNO2S. The highest BCUT2D eigenvalue weighted by Gasteiger charge is 2.24. The van der Waals surface area contributed by atoms with Crippen LogP contribution in [0.5, 0.6) is 0 Å². The molecule has 3 nitrogen and oxygen atoms in total. The molecule has 1 fully saturated rings. The van der Waals surface area contributed by atoms with Crippen LogP contribution in [0, 0.1) is 12.8 Å². The topological polar surface area (TPSA) is 46.2 Å². The van der Waals surface area contributed by atoms with Gasteiger partial charge in [0.05, 0.1) is 4.90 Å². The maximum absolute atomic E-state index is 12.5. The highest BCUT2D eigenvalue weighted by atomic mass is 79.9. The highest BCUT2D eigenvalue weighted by molar-refractivity contribution is 9.10. The van der Waals surface area contributed by atoms with Crippen LogP contribution in [0.3, 0.4) is 0 Å². The van der Waals surface area contributed by atoms with E-state index in [9.17, 15) is 8.42 Å². The van der Waals surface area contributed by atoms with Gasteiger partial charge in [-0.25, -0.2) is 13.1 Å². The molecule has 5 heteroatoms. The summed E-state index contributed by atoms with van der Waals surface area (Å²) < 4.78 is 28.8. The zero-order valence-electron chi connectivity index (χ0n) is 12.0. The van der Waals surface area contributed by atoms with Crippen LogP contribution >= 0.6 is 15.9 Å². The summed E-state index contributed by atoms with van der Waals surface area (Å²) in [6.07, 6.45) is 5.29. The molecule has 2 unspecified atom stereocenters. The zero-order chi connectivity index (χ0) is 14.8.